The van der Waals surface area contributed by atoms with E-state index in [-0.39, 0.29) is 18.9 Å². The summed E-state index contributed by atoms with van der Waals surface area (Å²) < 4.78 is 11.0. The number of ether oxygens (including phenoxy) is 2. The molecule has 6 heteroatoms. The molecule has 0 aliphatic heterocycles. The van der Waals surface area contributed by atoms with E-state index in [1.54, 1.807) is 18.2 Å². The van der Waals surface area contributed by atoms with Gasteiger partial charge >= 0.3 is 5.97 Å². The first-order valence-corrected chi connectivity index (χ1v) is 7.14. The Balaban J connectivity index is 2.67. The molecule has 2 N–H and O–H groups in total. The van der Waals surface area contributed by atoms with E-state index in [1.165, 1.54) is 6.08 Å². The van der Waals surface area contributed by atoms with Crippen molar-refractivity contribution in [1.29, 1.82) is 0 Å². The van der Waals surface area contributed by atoms with Crippen LogP contribution in [0.2, 0.25) is 0 Å². The third kappa shape index (κ3) is 6.30. The van der Waals surface area contributed by atoms with Gasteiger partial charge in [-0.15, -0.1) is 0 Å². The number of nitrogens with one attached hydrogen (secondary N) is 1. The van der Waals surface area contributed by atoms with Crippen molar-refractivity contribution in [1.82, 2.24) is 5.32 Å². The molecule has 0 unspecified atom stereocenters. The third-order valence-corrected chi connectivity index (χ3v) is 2.63. The summed E-state index contributed by atoms with van der Waals surface area (Å²) in [5, 5.41) is 11.0. The molecule has 0 aromatic heterocycles. The van der Waals surface area contributed by atoms with Crippen LogP contribution in [0, 0.1) is 0 Å². The van der Waals surface area contributed by atoms with Crippen LogP contribution >= 0.6 is 0 Å². The SMILES string of the molecule is CCOc1ccc(/C=C/C(=O)NCCC(=O)O)cc1OCC. The Labute approximate surface area is 129 Å². The standard InChI is InChI=1S/C16H21NO5/c1-3-21-13-7-5-12(11-14(13)22-4-2)6-8-15(18)17-10-9-16(19)20/h5-8,11H,3-4,9-10H2,1-2H3,(H,17,18)(H,19,20)/b8-6+. The predicted octanol–water partition coefficient (Wildman–Crippen LogP) is 2.09. The lowest BCUT2D eigenvalue weighted by Gasteiger charge is -2.11. The van der Waals surface area contributed by atoms with Gasteiger partial charge in [0.15, 0.2) is 11.5 Å². The van der Waals surface area contributed by atoms with Crippen molar-refractivity contribution in [2.45, 2.75) is 20.3 Å². The number of hydrogen-bond acceptors (Lipinski definition) is 4. The minimum atomic E-state index is -0.947. The van der Waals surface area contributed by atoms with Crippen LogP contribution < -0.4 is 14.8 Å². The van der Waals surface area contributed by atoms with Crippen LogP contribution in [0.5, 0.6) is 11.5 Å². The van der Waals surface area contributed by atoms with Crippen molar-refractivity contribution in [3.63, 3.8) is 0 Å². The maximum atomic E-state index is 11.5. The number of carboxylic acids is 1. The highest BCUT2D eigenvalue weighted by Crippen LogP contribution is 2.28. The summed E-state index contributed by atoms with van der Waals surface area (Å²) in [6, 6.07) is 5.39. The van der Waals surface area contributed by atoms with Crippen LogP contribution in [-0.2, 0) is 9.59 Å². The highest BCUT2D eigenvalue weighted by molar-refractivity contribution is 5.92. The van der Waals surface area contributed by atoms with Crippen molar-refractivity contribution in [3.8, 4) is 11.5 Å². The molecule has 0 radical (unpaired) electrons. The second kappa shape index (κ2) is 9.44. The van der Waals surface area contributed by atoms with E-state index in [0.29, 0.717) is 24.7 Å². The van der Waals surface area contributed by atoms with Crippen LogP contribution in [0.15, 0.2) is 24.3 Å². The van der Waals surface area contributed by atoms with Crippen molar-refractivity contribution in [3.05, 3.63) is 29.8 Å². The van der Waals surface area contributed by atoms with Crippen LogP contribution in [0.25, 0.3) is 6.08 Å². The van der Waals surface area contributed by atoms with Gasteiger partial charge in [0.25, 0.3) is 0 Å². The van der Waals surface area contributed by atoms with Crippen molar-refractivity contribution >= 4 is 18.0 Å². The van der Waals surface area contributed by atoms with Gasteiger partial charge in [-0.05, 0) is 37.6 Å². The van der Waals surface area contributed by atoms with E-state index in [4.69, 9.17) is 14.6 Å². The van der Waals surface area contributed by atoms with Gasteiger partial charge in [0.2, 0.25) is 5.91 Å². The summed E-state index contributed by atoms with van der Waals surface area (Å²) in [5.74, 6) is -0.00422. The summed E-state index contributed by atoms with van der Waals surface area (Å²) in [5.41, 5.74) is 0.792. The molecule has 6 nitrogen and oxygen atoms in total. The number of carbonyl (C=O) groups excluding carboxylic acids is 1. The fourth-order valence-electron chi connectivity index (χ4n) is 1.69. The lowest BCUT2D eigenvalue weighted by Crippen LogP contribution is -2.23. The molecule has 1 aromatic carbocycles. The zero-order valence-electron chi connectivity index (χ0n) is 12.8. The van der Waals surface area contributed by atoms with Gasteiger partial charge in [0.1, 0.15) is 0 Å². The fraction of sp³-hybridized carbons (Fsp3) is 0.375. The molecule has 1 rings (SSSR count). The van der Waals surface area contributed by atoms with Gasteiger partial charge < -0.3 is 19.9 Å². The third-order valence-electron chi connectivity index (χ3n) is 2.63. The van der Waals surface area contributed by atoms with Crippen molar-refractivity contribution < 1.29 is 24.2 Å². The Bertz CT molecular complexity index is 539. The molecule has 0 saturated heterocycles. The van der Waals surface area contributed by atoms with Crippen LogP contribution in [0.3, 0.4) is 0 Å². The molecule has 1 amide bonds. The molecule has 0 aliphatic rings. The van der Waals surface area contributed by atoms with Gasteiger partial charge in [-0.3, -0.25) is 9.59 Å². The minimum absolute atomic E-state index is 0.100. The lowest BCUT2D eigenvalue weighted by molar-refractivity contribution is -0.136. The predicted molar refractivity (Wildman–Crippen MR) is 83.1 cm³/mol. The van der Waals surface area contributed by atoms with E-state index >= 15 is 0 Å². The highest BCUT2D eigenvalue weighted by Gasteiger charge is 2.05. The molecular formula is C16H21NO5. The van der Waals surface area contributed by atoms with Gasteiger partial charge in [-0.1, -0.05) is 6.07 Å². The zero-order valence-corrected chi connectivity index (χ0v) is 12.8. The molecule has 22 heavy (non-hydrogen) atoms. The van der Waals surface area contributed by atoms with Gasteiger partial charge in [0.05, 0.1) is 19.6 Å². The van der Waals surface area contributed by atoms with Gasteiger partial charge in [-0.25, -0.2) is 0 Å². The van der Waals surface area contributed by atoms with E-state index in [9.17, 15) is 9.59 Å². The Hall–Kier alpha value is -2.50. The van der Waals surface area contributed by atoms with Gasteiger partial charge in [0, 0.05) is 12.6 Å². The quantitative estimate of drug-likeness (QED) is 0.682. The molecule has 120 valence electrons. The number of aliphatic carboxylic acids is 1. The Morgan fingerprint density at radius 1 is 1.18 bits per heavy atom. The summed E-state index contributed by atoms with van der Waals surface area (Å²) in [6.07, 6.45) is 2.89. The number of carbonyl (C=O) groups is 2. The van der Waals surface area contributed by atoms with Crippen LogP contribution in [-0.4, -0.2) is 36.7 Å². The number of carboxylic acid groups (broad SMARTS) is 1. The maximum Gasteiger partial charge on any atom is 0.305 e. The Kier molecular flexibility index (Phi) is 7.53. The average molecular weight is 307 g/mol. The number of benzene rings is 1. The number of hydrogen-bond donors (Lipinski definition) is 2. The smallest absolute Gasteiger partial charge is 0.305 e. The average Bonchev–Trinajstić information content (AvgIpc) is 2.47. The fourth-order valence-corrected chi connectivity index (χ4v) is 1.69. The molecule has 0 aliphatic carbocycles. The number of rotatable bonds is 9. The van der Waals surface area contributed by atoms with E-state index in [1.807, 2.05) is 19.9 Å². The first kappa shape index (κ1) is 17.6. The number of amides is 1. The second-order valence-corrected chi connectivity index (χ2v) is 4.34. The topological polar surface area (TPSA) is 84.9 Å². The lowest BCUT2D eigenvalue weighted by atomic mass is 10.2. The maximum absolute atomic E-state index is 11.5. The summed E-state index contributed by atoms with van der Waals surface area (Å²) >= 11 is 0. The monoisotopic (exact) mass is 307 g/mol. The Morgan fingerprint density at radius 2 is 1.86 bits per heavy atom. The summed E-state index contributed by atoms with van der Waals surface area (Å²) in [4.78, 5) is 21.9. The molecule has 0 bridgehead atoms. The molecule has 0 heterocycles. The van der Waals surface area contributed by atoms with Crippen LogP contribution in [0.1, 0.15) is 25.8 Å². The minimum Gasteiger partial charge on any atom is -0.490 e. The van der Waals surface area contributed by atoms with Crippen molar-refractivity contribution in [2.75, 3.05) is 19.8 Å². The normalized spacial score (nSPS) is 10.5. The molecule has 0 atom stereocenters. The first-order valence-electron chi connectivity index (χ1n) is 7.14. The van der Waals surface area contributed by atoms with E-state index < -0.39 is 5.97 Å². The second-order valence-electron chi connectivity index (χ2n) is 4.34. The first-order chi connectivity index (χ1) is 10.6. The largest absolute Gasteiger partial charge is 0.490 e. The molecule has 0 fully saturated rings. The Morgan fingerprint density at radius 3 is 2.50 bits per heavy atom. The van der Waals surface area contributed by atoms with Gasteiger partial charge in [-0.2, -0.15) is 0 Å². The molecule has 0 spiro atoms. The van der Waals surface area contributed by atoms with E-state index in [0.717, 1.165) is 5.56 Å². The summed E-state index contributed by atoms with van der Waals surface area (Å²) in [6.45, 7) is 4.94. The molecule has 1 aromatic rings. The van der Waals surface area contributed by atoms with Crippen molar-refractivity contribution in [2.24, 2.45) is 0 Å². The summed E-state index contributed by atoms with van der Waals surface area (Å²) in [7, 11) is 0. The zero-order chi connectivity index (χ0) is 16.4. The highest BCUT2D eigenvalue weighted by atomic mass is 16.5. The molecule has 0 saturated carbocycles. The van der Waals surface area contributed by atoms with E-state index in [2.05, 4.69) is 5.32 Å². The molecular weight excluding hydrogens is 286 g/mol. The van der Waals surface area contributed by atoms with Crippen LogP contribution in [0.4, 0.5) is 0 Å².